The van der Waals surface area contributed by atoms with Crippen LogP contribution in [-0.2, 0) is 6.42 Å². The molecular weight excluding hydrogens is 350 g/mol. The second kappa shape index (κ2) is 10.2. The molecule has 0 nitrogen and oxygen atoms in total. The molecule has 0 aromatic heterocycles. The van der Waals surface area contributed by atoms with Crippen LogP contribution in [0.1, 0.15) is 70.8 Å². The second-order valence-electron chi connectivity index (χ2n) is 8.78. The molecule has 2 heteroatoms. The van der Waals surface area contributed by atoms with E-state index in [1.165, 1.54) is 63.5 Å². The first-order chi connectivity index (χ1) is 13.6. The summed E-state index contributed by atoms with van der Waals surface area (Å²) in [6.45, 7) is 4.59. The van der Waals surface area contributed by atoms with Crippen LogP contribution in [0.4, 0.5) is 8.78 Å². The van der Waals surface area contributed by atoms with Crippen molar-refractivity contribution in [1.82, 2.24) is 0 Å². The topological polar surface area (TPSA) is 0 Å². The van der Waals surface area contributed by atoms with E-state index in [4.69, 9.17) is 0 Å². The van der Waals surface area contributed by atoms with Crippen molar-refractivity contribution in [2.45, 2.75) is 71.6 Å². The number of hydrogen-bond donors (Lipinski definition) is 0. The predicted octanol–water partition coefficient (Wildman–Crippen LogP) is 8.20. The van der Waals surface area contributed by atoms with E-state index in [9.17, 15) is 8.78 Å². The SMILES string of the molecule is CCCCCC1CCC(C(C)Cc2ccc(-c3cccc(F)c3)c(F)c2)CC1. The molecule has 0 saturated heterocycles. The number of rotatable bonds is 8. The predicted molar refractivity (Wildman–Crippen MR) is 114 cm³/mol. The lowest BCUT2D eigenvalue weighted by Crippen LogP contribution is -2.21. The third-order valence-electron chi connectivity index (χ3n) is 6.64. The Morgan fingerprint density at radius 1 is 0.964 bits per heavy atom. The summed E-state index contributed by atoms with van der Waals surface area (Å²) in [6.07, 6.45) is 11.8. The maximum absolute atomic E-state index is 14.6. The van der Waals surface area contributed by atoms with Gasteiger partial charge in [-0.2, -0.15) is 0 Å². The number of benzene rings is 2. The smallest absolute Gasteiger partial charge is 0.131 e. The normalized spacial score (nSPS) is 20.9. The Kier molecular flexibility index (Phi) is 7.65. The zero-order chi connectivity index (χ0) is 19.9. The van der Waals surface area contributed by atoms with Crippen molar-refractivity contribution in [1.29, 1.82) is 0 Å². The largest absolute Gasteiger partial charge is 0.207 e. The first kappa shape index (κ1) is 21.0. The van der Waals surface area contributed by atoms with E-state index in [-0.39, 0.29) is 11.6 Å². The van der Waals surface area contributed by atoms with Crippen molar-refractivity contribution in [3.63, 3.8) is 0 Å². The molecule has 0 radical (unpaired) electrons. The quantitative estimate of drug-likeness (QED) is 0.402. The minimum atomic E-state index is -0.333. The van der Waals surface area contributed by atoms with Gasteiger partial charge in [-0.25, -0.2) is 8.78 Å². The third-order valence-corrected chi connectivity index (χ3v) is 6.64. The molecule has 1 unspecified atom stereocenters. The fourth-order valence-corrected chi connectivity index (χ4v) is 4.84. The maximum Gasteiger partial charge on any atom is 0.131 e. The molecule has 1 atom stereocenters. The van der Waals surface area contributed by atoms with Crippen LogP contribution in [-0.4, -0.2) is 0 Å². The van der Waals surface area contributed by atoms with Crippen molar-refractivity contribution < 1.29 is 8.78 Å². The molecule has 28 heavy (non-hydrogen) atoms. The molecule has 0 spiro atoms. The summed E-state index contributed by atoms with van der Waals surface area (Å²) in [5.74, 6) is 1.68. The van der Waals surface area contributed by atoms with Gasteiger partial charge in [0, 0.05) is 5.56 Å². The van der Waals surface area contributed by atoms with E-state index in [2.05, 4.69) is 13.8 Å². The van der Waals surface area contributed by atoms with Gasteiger partial charge in [0.25, 0.3) is 0 Å². The average molecular weight is 385 g/mol. The van der Waals surface area contributed by atoms with Gasteiger partial charge in [0.1, 0.15) is 11.6 Å². The molecule has 3 rings (SSSR count). The van der Waals surface area contributed by atoms with Crippen molar-refractivity contribution in [3.05, 3.63) is 59.7 Å². The minimum absolute atomic E-state index is 0.255. The van der Waals surface area contributed by atoms with Crippen LogP contribution < -0.4 is 0 Å². The van der Waals surface area contributed by atoms with Gasteiger partial charge in [0.15, 0.2) is 0 Å². The van der Waals surface area contributed by atoms with Crippen LogP contribution in [0.15, 0.2) is 42.5 Å². The van der Waals surface area contributed by atoms with Gasteiger partial charge in [-0.15, -0.1) is 0 Å². The summed E-state index contributed by atoms with van der Waals surface area (Å²) < 4.78 is 28.1. The van der Waals surface area contributed by atoms with Crippen molar-refractivity contribution in [2.75, 3.05) is 0 Å². The highest BCUT2D eigenvalue weighted by Crippen LogP contribution is 2.37. The van der Waals surface area contributed by atoms with Crippen LogP contribution in [0.2, 0.25) is 0 Å². The zero-order valence-corrected chi connectivity index (χ0v) is 17.4. The van der Waals surface area contributed by atoms with E-state index in [1.54, 1.807) is 24.3 Å². The zero-order valence-electron chi connectivity index (χ0n) is 17.4. The van der Waals surface area contributed by atoms with E-state index >= 15 is 0 Å². The van der Waals surface area contributed by atoms with E-state index in [0.717, 1.165) is 23.8 Å². The number of halogens is 2. The van der Waals surface area contributed by atoms with Crippen LogP contribution in [0.3, 0.4) is 0 Å². The Balaban J connectivity index is 1.55. The summed E-state index contributed by atoms with van der Waals surface area (Å²) in [7, 11) is 0. The first-order valence-electron chi connectivity index (χ1n) is 11.1. The van der Waals surface area contributed by atoms with Gasteiger partial charge in [-0.1, -0.05) is 76.6 Å². The number of unbranched alkanes of at least 4 members (excludes halogenated alkanes) is 2. The molecule has 2 aromatic carbocycles. The lowest BCUT2D eigenvalue weighted by Gasteiger charge is -2.32. The molecule has 0 N–H and O–H groups in total. The van der Waals surface area contributed by atoms with Crippen molar-refractivity contribution >= 4 is 0 Å². The van der Waals surface area contributed by atoms with Gasteiger partial charge < -0.3 is 0 Å². The van der Waals surface area contributed by atoms with Crippen LogP contribution >= 0.6 is 0 Å². The minimum Gasteiger partial charge on any atom is -0.207 e. The highest BCUT2D eigenvalue weighted by molar-refractivity contribution is 5.64. The lowest BCUT2D eigenvalue weighted by atomic mass is 9.73. The van der Waals surface area contributed by atoms with E-state index in [0.29, 0.717) is 17.0 Å². The standard InChI is InChI=1S/C26H34F2/c1-3-4-5-7-20-10-13-22(14-11-20)19(2)16-21-12-15-25(26(28)17-21)23-8-6-9-24(27)18-23/h6,8-9,12,15,17-20,22H,3-5,7,10-11,13-14,16H2,1-2H3. The fraction of sp³-hybridized carbons (Fsp3) is 0.538. The molecule has 0 heterocycles. The van der Waals surface area contributed by atoms with Crippen molar-refractivity contribution in [2.24, 2.45) is 17.8 Å². The molecule has 2 aromatic rings. The molecule has 0 aliphatic heterocycles. The Labute approximate surface area is 169 Å². The van der Waals surface area contributed by atoms with Gasteiger partial charge >= 0.3 is 0 Å². The second-order valence-corrected chi connectivity index (χ2v) is 8.78. The Morgan fingerprint density at radius 2 is 1.75 bits per heavy atom. The summed E-state index contributed by atoms with van der Waals surface area (Å²) in [6, 6.07) is 11.6. The summed E-state index contributed by atoms with van der Waals surface area (Å²) >= 11 is 0. The first-order valence-corrected chi connectivity index (χ1v) is 11.1. The third kappa shape index (κ3) is 5.65. The molecule has 1 aliphatic rings. The Hall–Kier alpha value is -1.70. The lowest BCUT2D eigenvalue weighted by molar-refractivity contribution is 0.204. The van der Waals surface area contributed by atoms with Crippen LogP contribution in [0.5, 0.6) is 0 Å². The number of hydrogen-bond acceptors (Lipinski definition) is 0. The summed E-state index contributed by atoms with van der Waals surface area (Å²) in [5.41, 5.74) is 2.12. The fourth-order valence-electron chi connectivity index (χ4n) is 4.84. The molecule has 0 bridgehead atoms. The monoisotopic (exact) mass is 384 g/mol. The molecule has 1 saturated carbocycles. The highest BCUT2D eigenvalue weighted by atomic mass is 19.1. The summed E-state index contributed by atoms with van der Waals surface area (Å²) in [5, 5.41) is 0. The van der Waals surface area contributed by atoms with Crippen LogP contribution in [0.25, 0.3) is 11.1 Å². The molecule has 0 amide bonds. The van der Waals surface area contributed by atoms with E-state index in [1.807, 2.05) is 6.07 Å². The Bertz CT molecular complexity index is 744. The van der Waals surface area contributed by atoms with E-state index < -0.39 is 0 Å². The van der Waals surface area contributed by atoms with Gasteiger partial charge in [-0.3, -0.25) is 0 Å². The van der Waals surface area contributed by atoms with Gasteiger partial charge in [-0.05, 0) is 66.3 Å². The van der Waals surface area contributed by atoms with Gasteiger partial charge in [0.05, 0.1) is 0 Å². The van der Waals surface area contributed by atoms with Gasteiger partial charge in [0.2, 0.25) is 0 Å². The molecule has 1 aliphatic carbocycles. The van der Waals surface area contributed by atoms with Crippen molar-refractivity contribution in [3.8, 4) is 11.1 Å². The van der Waals surface area contributed by atoms with Crippen LogP contribution in [0, 0.1) is 29.4 Å². The Morgan fingerprint density at radius 3 is 2.43 bits per heavy atom. The molecule has 152 valence electrons. The highest BCUT2D eigenvalue weighted by Gasteiger charge is 2.25. The average Bonchev–Trinajstić information content (AvgIpc) is 2.69. The maximum atomic E-state index is 14.6. The molecular formula is C26H34F2. The molecule has 1 fully saturated rings. The summed E-state index contributed by atoms with van der Waals surface area (Å²) in [4.78, 5) is 0.